The molecule has 210 valence electrons. The molecule has 39 heavy (non-hydrogen) atoms. The second-order valence-electron chi connectivity index (χ2n) is 9.35. The number of carbonyl (C=O) groups is 1. The zero-order valence-electron chi connectivity index (χ0n) is 21.7. The SMILES string of the molecule is CCc1cccc(CNC[C@H](O)[C@H](Cc2cc(F)cc(F)c2)NC(=O)c2ccc(S(=O)(=O)CCCO)cc2)c1. The van der Waals surface area contributed by atoms with Crippen molar-refractivity contribution in [1.82, 2.24) is 10.6 Å². The van der Waals surface area contributed by atoms with E-state index >= 15 is 0 Å². The first-order chi connectivity index (χ1) is 18.6. The highest BCUT2D eigenvalue weighted by molar-refractivity contribution is 7.91. The van der Waals surface area contributed by atoms with Gasteiger partial charge in [0.15, 0.2) is 9.84 Å². The van der Waals surface area contributed by atoms with Gasteiger partial charge in [0.2, 0.25) is 0 Å². The van der Waals surface area contributed by atoms with Gasteiger partial charge in [-0.25, -0.2) is 17.2 Å². The number of hydrogen-bond donors (Lipinski definition) is 4. The predicted molar refractivity (Wildman–Crippen MR) is 145 cm³/mol. The van der Waals surface area contributed by atoms with Crippen LogP contribution in [0.15, 0.2) is 71.6 Å². The van der Waals surface area contributed by atoms with E-state index in [9.17, 15) is 27.1 Å². The molecule has 0 aliphatic rings. The first-order valence-corrected chi connectivity index (χ1v) is 14.4. The van der Waals surface area contributed by atoms with Crippen molar-refractivity contribution in [2.24, 2.45) is 0 Å². The number of amides is 1. The Morgan fingerprint density at radius 1 is 0.949 bits per heavy atom. The minimum absolute atomic E-state index is 0.0238. The lowest BCUT2D eigenvalue weighted by molar-refractivity contribution is 0.0829. The summed E-state index contributed by atoms with van der Waals surface area (Å²) in [6.45, 7) is 2.38. The molecule has 0 radical (unpaired) electrons. The van der Waals surface area contributed by atoms with Crippen LogP contribution in [0.2, 0.25) is 0 Å². The summed E-state index contributed by atoms with van der Waals surface area (Å²) in [6, 6.07) is 15.4. The van der Waals surface area contributed by atoms with Gasteiger partial charge in [0.25, 0.3) is 5.91 Å². The summed E-state index contributed by atoms with van der Waals surface area (Å²) >= 11 is 0. The van der Waals surface area contributed by atoms with Gasteiger partial charge in [-0.15, -0.1) is 0 Å². The van der Waals surface area contributed by atoms with E-state index in [-0.39, 0.29) is 47.8 Å². The maximum Gasteiger partial charge on any atom is 0.251 e. The zero-order valence-corrected chi connectivity index (χ0v) is 22.6. The average Bonchev–Trinajstić information content (AvgIpc) is 2.91. The number of benzene rings is 3. The summed E-state index contributed by atoms with van der Waals surface area (Å²) in [6.07, 6.45) is -0.150. The number of carbonyl (C=O) groups excluding carboxylic acids is 1. The number of halogens is 2. The van der Waals surface area contributed by atoms with Gasteiger partial charge in [0.05, 0.1) is 22.8 Å². The molecule has 0 heterocycles. The van der Waals surface area contributed by atoms with Crippen LogP contribution in [-0.2, 0) is 29.2 Å². The van der Waals surface area contributed by atoms with Crippen LogP contribution in [0.1, 0.15) is 40.4 Å². The minimum Gasteiger partial charge on any atom is -0.396 e. The average molecular weight is 561 g/mol. The summed E-state index contributed by atoms with van der Waals surface area (Å²) in [5.74, 6) is -2.33. The van der Waals surface area contributed by atoms with E-state index in [1.165, 1.54) is 29.8 Å². The van der Waals surface area contributed by atoms with Crippen LogP contribution in [-0.4, -0.2) is 55.6 Å². The Balaban J connectivity index is 1.72. The quantitative estimate of drug-likeness (QED) is 0.241. The van der Waals surface area contributed by atoms with E-state index in [0.717, 1.165) is 30.2 Å². The molecule has 0 unspecified atom stereocenters. The Kier molecular flexibility index (Phi) is 11.1. The number of aryl methyl sites for hydroxylation is 1. The topological polar surface area (TPSA) is 116 Å². The van der Waals surface area contributed by atoms with Gasteiger partial charge in [-0.1, -0.05) is 31.2 Å². The van der Waals surface area contributed by atoms with Crippen molar-refractivity contribution in [3.63, 3.8) is 0 Å². The van der Waals surface area contributed by atoms with Gasteiger partial charge < -0.3 is 20.8 Å². The molecule has 0 bridgehead atoms. The van der Waals surface area contributed by atoms with Crippen molar-refractivity contribution in [2.75, 3.05) is 18.9 Å². The van der Waals surface area contributed by atoms with Crippen LogP contribution < -0.4 is 10.6 Å². The molecule has 1 amide bonds. The van der Waals surface area contributed by atoms with Crippen LogP contribution in [0.3, 0.4) is 0 Å². The number of nitrogens with one attached hydrogen (secondary N) is 2. The summed E-state index contributed by atoms with van der Waals surface area (Å²) in [7, 11) is -3.60. The lowest BCUT2D eigenvalue weighted by atomic mass is 10.00. The minimum atomic E-state index is -3.60. The number of aliphatic hydroxyl groups excluding tert-OH is 2. The molecule has 7 nitrogen and oxygen atoms in total. The van der Waals surface area contributed by atoms with Crippen molar-refractivity contribution in [1.29, 1.82) is 0 Å². The van der Waals surface area contributed by atoms with E-state index in [1.54, 1.807) is 0 Å². The molecular formula is C29H34F2N2O5S. The highest BCUT2D eigenvalue weighted by Crippen LogP contribution is 2.16. The fourth-order valence-corrected chi connectivity index (χ4v) is 5.47. The zero-order chi connectivity index (χ0) is 28.4. The molecule has 3 rings (SSSR count). The third kappa shape index (κ3) is 9.21. The Morgan fingerprint density at radius 3 is 2.26 bits per heavy atom. The lowest BCUT2D eigenvalue weighted by Crippen LogP contribution is -2.48. The van der Waals surface area contributed by atoms with Gasteiger partial charge >= 0.3 is 0 Å². The number of sulfone groups is 1. The van der Waals surface area contributed by atoms with Crippen molar-refractivity contribution < 1.29 is 32.2 Å². The van der Waals surface area contributed by atoms with Crippen LogP contribution in [0.5, 0.6) is 0 Å². The summed E-state index contributed by atoms with van der Waals surface area (Å²) in [5.41, 5.74) is 2.63. The van der Waals surface area contributed by atoms with Crippen molar-refractivity contribution in [3.05, 3.63) is 101 Å². The molecule has 0 aliphatic carbocycles. The van der Waals surface area contributed by atoms with Gasteiger partial charge in [0, 0.05) is 31.3 Å². The van der Waals surface area contributed by atoms with Gasteiger partial charge in [-0.3, -0.25) is 4.79 Å². The van der Waals surface area contributed by atoms with Gasteiger partial charge in [-0.2, -0.15) is 0 Å². The number of rotatable bonds is 14. The normalized spacial score (nSPS) is 13.2. The third-order valence-corrected chi connectivity index (χ3v) is 8.10. The van der Waals surface area contributed by atoms with Crippen LogP contribution in [0.25, 0.3) is 0 Å². The monoisotopic (exact) mass is 560 g/mol. The Hall–Kier alpha value is -3.18. The molecular weight excluding hydrogens is 526 g/mol. The highest BCUT2D eigenvalue weighted by Gasteiger charge is 2.23. The van der Waals surface area contributed by atoms with E-state index in [4.69, 9.17) is 5.11 Å². The second-order valence-corrected chi connectivity index (χ2v) is 11.5. The Bertz CT molecular complexity index is 1330. The maximum atomic E-state index is 13.8. The lowest BCUT2D eigenvalue weighted by Gasteiger charge is -2.25. The van der Waals surface area contributed by atoms with E-state index in [1.807, 2.05) is 18.2 Å². The van der Waals surface area contributed by atoms with Crippen LogP contribution >= 0.6 is 0 Å². The molecule has 3 aromatic carbocycles. The Morgan fingerprint density at radius 2 is 1.62 bits per heavy atom. The summed E-state index contributed by atoms with van der Waals surface area (Å²) in [5, 5.41) is 25.7. The van der Waals surface area contributed by atoms with E-state index < -0.39 is 39.5 Å². The second kappa shape index (κ2) is 14.3. The molecule has 0 aromatic heterocycles. The molecule has 2 atom stereocenters. The van der Waals surface area contributed by atoms with E-state index in [2.05, 4.69) is 23.6 Å². The summed E-state index contributed by atoms with van der Waals surface area (Å²) in [4.78, 5) is 13.0. The third-order valence-electron chi connectivity index (χ3n) is 6.29. The molecule has 0 aliphatic heterocycles. The highest BCUT2D eigenvalue weighted by atomic mass is 32.2. The number of hydrogen-bond acceptors (Lipinski definition) is 6. The number of aliphatic hydroxyl groups is 2. The van der Waals surface area contributed by atoms with Crippen molar-refractivity contribution in [2.45, 2.75) is 49.8 Å². The van der Waals surface area contributed by atoms with E-state index in [0.29, 0.717) is 6.54 Å². The van der Waals surface area contributed by atoms with Crippen LogP contribution in [0, 0.1) is 11.6 Å². The molecule has 10 heteroatoms. The fourth-order valence-electron chi connectivity index (χ4n) is 4.17. The molecule has 3 aromatic rings. The van der Waals surface area contributed by atoms with Crippen LogP contribution in [0.4, 0.5) is 8.78 Å². The summed E-state index contributed by atoms with van der Waals surface area (Å²) < 4.78 is 52.3. The first-order valence-electron chi connectivity index (χ1n) is 12.8. The molecule has 0 fully saturated rings. The first kappa shape index (κ1) is 30.4. The molecule has 0 saturated carbocycles. The van der Waals surface area contributed by atoms with Gasteiger partial charge in [0.1, 0.15) is 11.6 Å². The largest absolute Gasteiger partial charge is 0.396 e. The molecule has 0 saturated heterocycles. The molecule has 4 N–H and O–H groups in total. The molecule has 0 spiro atoms. The van der Waals surface area contributed by atoms with Crippen molar-refractivity contribution >= 4 is 15.7 Å². The Labute approximate surface area is 227 Å². The fraction of sp³-hybridized carbons (Fsp3) is 0.345. The van der Waals surface area contributed by atoms with Crippen molar-refractivity contribution in [3.8, 4) is 0 Å². The van der Waals surface area contributed by atoms with Gasteiger partial charge in [-0.05, 0) is 72.4 Å². The maximum absolute atomic E-state index is 13.8. The standard InChI is InChI=1S/C29H34F2N2O5S/c1-2-20-5-3-6-21(13-20)18-32-19-28(35)27(16-22-14-24(30)17-25(31)15-22)33-29(36)23-7-9-26(10-8-23)39(37,38)12-4-11-34/h3,5-10,13-15,17,27-28,32,34-35H,2,4,11-12,16,18-19H2,1H3,(H,33,36)/t27-,28-/m0/s1. The predicted octanol–water partition coefficient (Wildman–Crippen LogP) is 3.18. The smallest absolute Gasteiger partial charge is 0.251 e.